The van der Waals surface area contributed by atoms with E-state index in [0.29, 0.717) is 16.5 Å². The summed E-state index contributed by atoms with van der Waals surface area (Å²) in [6.45, 7) is 1.86. The van der Waals surface area contributed by atoms with Gasteiger partial charge in [0.05, 0.1) is 0 Å². The summed E-state index contributed by atoms with van der Waals surface area (Å²) in [5.74, 6) is -0.789. The first-order valence-electron chi connectivity index (χ1n) is 4.88. The zero-order valence-corrected chi connectivity index (χ0v) is 10.5. The van der Waals surface area contributed by atoms with Gasteiger partial charge >= 0.3 is 5.97 Å². The number of hydrogen-bond acceptors (Lipinski definition) is 3. The number of carboxylic acids is 1. The van der Waals surface area contributed by atoms with Gasteiger partial charge in [-0.2, -0.15) is 0 Å². The number of phenolic OH excluding ortho intramolecular Hbond substituents is 1. The Kier molecular flexibility index (Phi) is 4.32. The third kappa shape index (κ3) is 3.21. The number of rotatable bonds is 4. The molecule has 1 aromatic rings. The van der Waals surface area contributed by atoms with Crippen molar-refractivity contribution in [3.63, 3.8) is 0 Å². The summed E-state index contributed by atoms with van der Waals surface area (Å²) in [4.78, 5) is 10.4. The number of nitrogens with two attached hydrogens (primary N) is 1. The maximum Gasteiger partial charge on any atom is 0.303 e. The minimum absolute atomic E-state index is 0.0130. The lowest BCUT2D eigenvalue weighted by molar-refractivity contribution is -0.137. The lowest BCUT2D eigenvalue weighted by atomic mass is 10.0. The van der Waals surface area contributed by atoms with Crippen molar-refractivity contribution < 1.29 is 15.0 Å². The molecule has 0 amide bonds. The third-order valence-electron chi connectivity index (χ3n) is 2.29. The first kappa shape index (κ1) is 13.0. The minimum Gasteiger partial charge on any atom is -0.508 e. The monoisotopic (exact) mass is 287 g/mol. The van der Waals surface area contributed by atoms with Gasteiger partial charge in [0.1, 0.15) is 5.75 Å². The number of hydrogen-bond donors (Lipinski definition) is 3. The van der Waals surface area contributed by atoms with E-state index in [2.05, 4.69) is 15.9 Å². The van der Waals surface area contributed by atoms with Crippen molar-refractivity contribution in [1.29, 1.82) is 0 Å². The average Bonchev–Trinajstić information content (AvgIpc) is 2.12. The summed E-state index contributed by atoms with van der Waals surface area (Å²) in [6, 6.07) is 2.97. The Morgan fingerprint density at radius 2 is 2.19 bits per heavy atom. The second-order valence-electron chi connectivity index (χ2n) is 3.72. The molecular weight excluding hydrogens is 274 g/mol. The molecule has 0 aromatic heterocycles. The third-order valence-corrected chi connectivity index (χ3v) is 2.95. The predicted octanol–water partition coefficient (Wildman–Crippen LogP) is 2.33. The summed E-state index contributed by atoms with van der Waals surface area (Å²) in [6.07, 6.45) is 0.283. The first-order valence-corrected chi connectivity index (χ1v) is 5.67. The highest BCUT2D eigenvalue weighted by Crippen LogP contribution is 2.33. The minimum atomic E-state index is -0.891. The fraction of sp³-hybridized carbons (Fsp3) is 0.364. The first-order chi connectivity index (χ1) is 7.41. The molecule has 5 heteroatoms. The predicted molar refractivity (Wildman–Crippen MR) is 64.3 cm³/mol. The highest BCUT2D eigenvalue weighted by Gasteiger charge is 2.16. The zero-order valence-electron chi connectivity index (χ0n) is 8.90. The van der Waals surface area contributed by atoms with Gasteiger partial charge < -0.3 is 15.9 Å². The molecule has 88 valence electrons. The maximum atomic E-state index is 10.4. The average molecular weight is 288 g/mol. The number of aromatic hydroxyl groups is 1. The standard InChI is InChI=1S/C11H14BrNO3/c1-6-4-7(12)11(9(14)5-6)8(13)2-3-10(15)16/h4-5,8,14H,2-3,13H2,1H3,(H,15,16). The van der Waals surface area contributed by atoms with Crippen molar-refractivity contribution in [2.75, 3.05) is 0 Å². The Balaban J connectivity index is 2.90. The van der Waals surface area contributed by atoms with Crippen molar-refractivity contribution in [3.05, 3.63) is 27.7 Å². The van der Waals surface area contributed by atoms with Crippen LogP contribution in [0.5, 0.6) is 5.75 Å². The quantitative estimate of drug-likeness (QED) is 0.794. The second kappa shape index (κ2) is 5.32. The van der Waals surface area contributed by atoms with Gasteiger partial charge in [0.25, 0.3) is 0 Å². The van der Waals surface area contributed by atoms with Gasteiger partial charge in [0.2, 0.25) is 0 Å². The Bertz CT molecular complexity index is 383. The Morgan fingerprint density at radius 1 is 1.56 bits per heavy atom. The fourth-order valence-electron chi connectivity index (χ4n) is 1.53. The Labute approximate surface area is 102 Å². The van der Waals surface area contributed by atoms with Crippen LogP contribution in [0.4, 0.5) is 0 Å². The molecule has 16 heavy (non-hydrogen) atoms. The molecule has 0 saturated carbocycles. The smallest absolute Gasteiger partial charge is 0.303 e. The molecule has 0 aliphatic heterocycles. The number of carboxylic acid groups (broad SMARTS) is 1. The van der Waals surface area contributed by atoms with Gasteiger partial charge in [-0.1, -0.05) is 15.9 Å². The van der Waals surface area contributed by atoms with Gasteiger partial charge in [0.15, 0.2) is 0 Å². The number of aryl methyl sites for hydroxylation is 1. The van der Waals surface area contributed by atoms with Crippen LogP contribution in [0.15, 0.2) is 16.6 Å². The molecule has 0 saturated heterocycles. The molecular formula is C11H14BrNO3. The lowest BCUT2D eigenvalue weighted by Gasteiger charge is -2.15. The van der Waals surface area contributed by atoms with E-state index in [0.717, 1.165) is 5.56 Å². The number of carbonyl (C=O) groups is 1. The van der Waals surface area contributed by atoms with E-state index in [-0.39, 0.29) is 12.2 Å². The number of phenols is 1. The van der Waals surface area contributed by atoms with E-state index < -0.39 is 12.0 Å². The van der Waals surface area contributed by atoms with Crippen LogP contribution >= 0.6 is 15.9 Å². The highest BCUT2D eigenvalue weighted by molar-refractivity contribution is 9.10. The molecule has 0 aliphatic rings. The van der Waals surface area contributed by atoms with Crippen LogP contribution in [0.3, 0.4) is 0 Å². The largest absolute Gasteiger partial charge is 0.508 e. The second-order valence-corrected chi connectivity index (χ2v) is 4.57. The molecule has 0 fully saturated rings. The van der Waals surface area contributed by atoms with E-state index in [1.165, 1.54) is 0 Å². The SMILES string of the molecule is Cc1cc(O)c(C(N)CCC(=O)O)c(Br)c1. The Morgan fingerprint density at radius 3 is 2.69 bits per heavy atom. The number of halogens is 1. The summed E-state index contributed by atoms with van der Waals surface area (Å²) < 4.78 is 0.711. The molecule has 0 bridgehead atoms. The fourth-order valence-corrected chi connectivity index (χ4v) is 2.38. The molecule has 0 heterocycles. The van der Waals surface area contributed by atoms with Crippen LogP contribution in [0.2, 0.25) is 0 Å². The molecule has 0 radical (unpaired) electrons. The van der Waals surface area contributed by atoms with Gasteiger partial charge in [-0.15, -0.1) is 0 Å². The topological polar surface area (TPSA) is 83.5 Å². The van der Waals surface area contributed by atoms with Crippen LogP contribution in [0.25, 0.3) is 0 Å². The van der Waals surface area contributed by atoms with E-state index >= 15 is 0 Å². The van der Waals surface area contributed by atoms with Crippen LogP contribution in [0.1, 0.15) is 30.0 Å². The van der Waals surface area contributed by atoms with Crippen molar-refractivity contribution in [2.45, 2.75) is 25.8 Å². The van der Waals surface area contributed by atoms with E-state index in [1.54, 1.807) is 6.07 Å². The summed E-state index contributed by atoms with van der Waals surface area (Å²) >= 11 is 3.32. The Hall–Kier alpha value is -1.07. The molecule has 0 spiro atoms. The lowest BCUT2D eigenvalue weighted by Crippen LogP contribution is -2.13. The van der Waals surface area contributed by atoms with Gasteiger partial charge in [0, 0.05) is 22.5 Å². The van der Waals surface area contributed by atoms with Crippen molar-refractivity contribution in [3.8, 4) is 5.75 Å². The van der Waals surface area contributed by atoms with E-state index in [1.807, 2.05) is 13.0 Å². The van der Waals surface area contributed by atoms with Gasteiger partial charge in [-0.25, -0.2) is 0 Å². The zero-order chi connectivity index (χ0) is 12.3. The number of aliphatic carboxylic acids is 1. The van der Waals surface area contributed by atoms with Gasteiger partial charge in [-0.05, 0) is 31.0 Å². The molecule has 4 N–H and O–H groups in total. The number of benzene rings is 1. The van der Waals surface area contributed by atoms with E-state index in [4.69, 9.17) is 10.8 Å². The molecule has 4 nitrogen and oxygen atoms in total. The van der Waals surface area contributed by atoms with E-state index in [9.17, 15) is 9.90 Å². The van der Waals surface area contributed by atoms with Crippen LogP contribution < -0.4 is 5.73 Å². The molecule has 1 aromatic carbocycles. The van der Waals surface area contributed by atoms with Crippen LogP contribution in [0, 0.1) is 6.92 Å². The molecule has 0 aliphatic carbocycles. The highest BCUT2D eigenvalue weighted by atomic mass is 79.9. The summed E-state index contributed by atoms with van der Waals surface area (Å²) in [5, 5.41) is 18.3. The van der Waals surface area contributed by atoms with Crippen molar-refractivity contribution in [2.24, 2.45) is 5.73 Å². The summed E-state index contributed by atoms with van der Waals surface area (Å²) in [5.41, 5.74) is 7.32. The van der Waals surface area contributed by atoms with Crippen molar-refractivity contribution in [1.82, 2.24) is 0 Å². The van der Waals surface area contributed by atoms with Gasteiger partial charge in [-0.3, -0.25) is 4.79 Å². The molecule has 1 rings (SSSR count). The van der Waals surface area contributed by atoms with Crippen LogP contribution in [-0.4, -0.2) is 16.2 Å². The van der Waals surface area contributed by atoms with Crippen molar-refractivity contribution >= 4 is 21.9 Å². The van der Waals surface area contributed by atoms with Crippen LogP contribution in [-0.2, 0) is 4.79 Å². The summed E-state index contributed by atoms with van der Waals surface area (Å²) in [7, 11) is 0. The maximum absolute atomic E-state index is 10.4. The normalized spacial score (nSPS) is 12.4. The molecule has 1 atom stereocenters. The molecule has 1 unspecified atom stereocenters.